The van der Waals surface area contributed by atoms with Crippen molar-refractivity contribution in [2.24, 2.45) is 0 Å². The van der Waals surface area contributed by atoms with Gasteiger partial charge in [-0.1, -0.05) is 0 Å². The van der Waals surface area contributed by atoms with E-state index in [9.17, 15) is 14.4 Å². The lowest BCUT2D eigenvalue weighted by Gasteiger charge is -2.19. The molecule has 142 valence electrons. The number of methoxy groups -OCH3 is 2. The molecule has 1 unspecified atom stereocenters. The van der Waals surface area contributed by atoms with Gasteiger partial charge in [-0.05, 0) is 18.6 Å². The van der Waals surface area contributed by atoms with Crippen molar-refractivity contribution in [3.63, 3.8) is 0 Å². The second kappa shape index (κ2) is 8.93. The molecular formula is C17H23N3O6. The summed E-state index contributed by atoms with van der Waals surface area (Å²) in [5.41, 5.74) is 0.841. The number of benzene rings is 1. The van der Waals surface area contributed by atoms with E-state index in [4.69, 9.17) is 14.6 Å². The standard InChI is InChI=1S/C17H23N3O6/c1-25-12-4-3-11(14(9-12)26-2)10-20-8-6-13(16(20)23)19-17(24)18-7-5-15(21)22/h3-4,9,13H,5-8,10H2,1-2H3,(H,21,22)(H2,18,19,24). The zero-order valence-electron chi connectivity index (χ0n) is 14.8. The number of likely N-dealkylation sites (tertiary alicyclic amines) is 1. The average Bonchev–Trinajstić information content (AvgIpc) is 2.95. The highest BCUT2D eigenvalue weighted by atomic mass is 16.5. The van der Waals surface area contributed by atoms with E-state index in [0.717, 1.165) is 5.56 Å². The molecular weight excluding hydrogens is 342 g/mol. The van der Waals surface area contributed by atoms with Crippen LogP contribution in [0.15, 0.2) is 18.2 Å². The van der Waals surface area contributed by atoms with E-state index in [1.54, 1.807) is 31.3 Å². The molecule has 0 aliphatic carbocycles. The molecule has 0 saturated carbocycles. The number of hydrogen-bond acceptors (Lipinski definition) is 5. The quantitative estimate of drug-likeness (QED) is 0.620. The third-order valence-corrected chi connectivity index (χ3v) is 4.08. The maximum atomic E-state index is 12.5. The number of rotatable bonds is 8. The van der Waals surface area contributed by atoms with Crippen molar-refractivity contribution in [1.82, 2.24) is 15.5 Å². The first-order chi connectivity index (χ1) is 12.4. The Hall–Kier alpha value is -2.97. The first kappa shape index (κ1) is 19.4. The van der Waals surface area contributed by atoms with Crippen LogP contribution >= 0.6 is 0 Å². The van der Waals surface area contributed by atoms with Crippen LogP contribution in [0.3, 0.4) is 0 Å². The molecule has 1 heterocycles. The van der Waals surface area contributed by atoms with Crippen LogP contribution in [0.2, 0.25) is 0 Å². The summed E-state index contributed by atoms with van der Waals surface area (Å²) in [6.45, 7) is 0.883. The topological polar surface area (TPSA) is 117 Å². The number of carbonyl (C=O) groups is 3. The van der Waals surface area contributed by atoms with E-state index in [-0.39, 0.29) is 18.9 Å². The minimum absolute atomic E-state index is 0.00877. The molecule has 3 N–H and O–H groups in total. The average molecular weight is 365 g/mol. The summed E-state index contributed by atoms with van der Waals surface area (Å²) in [6.07, 6.45) is 0.319. The van der Waals surface area contributed by atoms with E-state index in [1.807, 2.05) is 6.07 Å². The van der Waals surface area contributed by atoms with Gasteiger partial charge in [0.15, 0.2) is 0 Å². The summed E-state index contributed by atoms with van der Waals surface area (Å²) >= 11 is 0. The summed E-state index contributed by atoms with van der Waals surface area (Å²) in [7, 11) is 3.12. The van der Waals surface area contributed by atoms with Gasteiger partial charge in [0.2, 0.25) is 5.91 Å². The SMILES string of the molecule is COc1ccc(CN2CCC(NC(=O)NCCC(=O)O)C2=O)c(OC)c1. The summed E-state index contributed by atoms with van der Waals surface area (Å²) in [5.74, 6) is 0.106. The number of carbonyl (C=O) groups excluding carboxylic acids is 2. The second-order valence-corrected chi connectivity index (χ2v) is 5.82. The Balaban J connectivity index is 1.91. The zero-order chi connectivity index (χ0) is 19.1. The van der Waals surface area contributed by atoms with Crippen LogP contribution < -0.4 is 20.1 Å². The summed E-state index contributed by atoms with van der Waals surface area (Å²) in [6, 6.07) is 4.22. The van der Waals surface area contributed by atoms with Crippen LogP contribution in [0.1, 0.15) is 18.4 Å². The number of carboxylic acid groups (broad SMARTS) is 1. The Labute approximate surface area is 151 Å². The molecule has 1 aromatic rings. The van der Waals surface area contributed by atoms with Crippen LogP contribution in [0.4, 0.5) is 4.79 Å². The fraction of sp³-hybridized carbons (Fsp3) is 0.471. The van der Waals surface area contributed by atoms with Crippen molar-refractivity contribution in [1.29, 1.82) is 0 Å². The summed E-state index contributed by atoms with van der Waals surface area (Å²) in [4.78, 5) is 36.3. The number of urea groups is 1. The predicted molar refractivity (Wildman–Crippen MR) is 92.2 cm³/mol. The van der Waals surface area contributed by atoms with Gasteiger partial charge in [0, 0.05) is 31.3 Å². The predicted octanol–water partition coefficient (Wildman–Crippen LogP) is 0.579. The van der Waals surface area contributed by atoms with Gasteiger partial charge in [0.05, 0.1) is 20.6 Å². The van der Waals surface area contributed by atoms with Crippen molar-refractivity contribution in [2.45, 2.75) is 25.4 Å². The highest BCUT2D eigenvalue weighted by Crippen LogP contribution is 2.27. The molecule has 1 aliphatic rings. The van der Waals surface area contributed by atoms with Crippen molar-refractivity contribution in [3.8, 4) is 11.5 Å². The van der Waals surface area contributed by atoms with E-state index in [1.165, 1.54) is 0 Å². The van der Waals surface area contributed by atoms with Gasteiger partial charge < -0.3 is 30.1 Å². The monoisotopic (exact) mass is 365 g/mol. The Kier molecular flexibility index (Phi) is 6.65. The molecule has 0 bridgehead atoms. The minimum Gasteiger partial charge on any atom is -0.497 e. The Morgan fingerprint density at radius 2 is 2.08 bits per heavy atom. The van der Waals surface area contributed by atoms with E-state index in [2.05, 4.69) is 10.6 Å². The third-order valence-electron chi connectivity index (χ3n) is 4.08. The van der Waals surface area contributed by atoms with Crippen molar-refractivity contribution < 1.29 is 29.0 Å². The Morgan fingerprint density at radius 1 is 1.31 bits per heavy atom. The normalized spacial score (nSPS) is 16.3. The highest BCUT2D eigenvalue weighted by molar-refractivity contribution is 5.88. The van der Waals surface area contributed by atoms with Gasteiger partial charge >= 0.3 is 12.0 Å². The zero-order valence-corrected chi connectivity index (χ0v) is 14.8. The number of ether oxygens (including phenoxy) is 2. The lowest BCUT2D eigenvalue weighted by Crippen LogP contribution is -2.46. The van der Waals surface area contributed by atoms with Gasteiger partial charge in [0.1, 0.15) is 17.5 Å². The first-order valence-electron chi connectivity index (χ1n) is 8.20. The molecule has 1 aromatic carbocycles. The van der Waals surface area contributed by atoms with E-state index < -0.39 is 18.0 Å². The van der Waals surface area contributed by atoms with Crippen LogP contribution in [-0.4, -0.2) is 61.3 Å². The third kappa shape index (κ3) is 5.01. The molecule has 2 rings (SSSR count). The molecule has 9 heteroatoms. The van der Waals surface area contributed by atoms with E-state index >= 15 is 0 Å². The molecule has 1 saturated heterocycles. The fourth-order valence-electron chi connectivity index (χ4n) is 2.71. The smallest absolute Gasteiger partial charge is 0.315 e. The molecule has 1 atom stereocenters. The van der Waals surface area contributed by atoms with Gasteiger partial charge in [-0.25, -0.2) is 4.79 Å². The highest BCUT2D eigenvalue weighted by Gasteiger charge is 2.33. The number of hydrogen-bond donors (Lipinski definition) is 3. The molecule has 0 aromatic heterocycles. The molecule has 1 aliphatic heterocycles. The number of nitrogens with zero attached hydrogens (tertiary/aromatic N) is 1. The van der Waals surface area contributed by atoms with Crippen molar-refractivity contribution in [3.05, 3.63) is 23.8 Å². The molecule has 9 nitrogen and oxygen atoms in total. The first-order valence-corrected chi connectivity index (χ1v) is 8.20. The lowest BCUT2D eigenvalue weighted by atomic mass is 10.1. The molecule has 26 heavy (non-hydrogen) atoms. The summed E-state index contributed by atoms with van der Waals surface area (Å²) in [5, 5.41) is 13.6. The molecule has 0 spiro atoms. The molecule has 3 amide bonds. The van der Waals surface area contributed by atoms with Crippen LogP contribution in [0, 0.1) is 0 Å². The van der Waals surface area contributed by atoms with E-state index in [0.29, 0.717) is 31.0 Å². The van der Waals surface area contributed by atoms with Gasteiger partial charge in [-0.2, -0.15) is 0 Å². The lowest BCUT2D eigenvalue weighted by molar-refractivity contribution is -0.136. The number of amides is 3. The molecule has 0 radical (unpaired) electrons. The van der Waals surface area contributed by atoms with Crippen LogP contribution in [-0.2, 0) is 16.1 Å². The maximum absolute atomic E-state index is 12.5. The van der Waals surface area contributed by atoms with Gasteiger partial charge in [-0.15, -0.1) is 0 Å². The Morgan fingerprint density at radius 3 is 2.73 bits per heavy atom. The molecule has 1 fully saturated rings. The van der Waals surface area contributed by atoms with Crippen molar-refractivity contribution in [2.75, 3.05) is 27.3 Å². The van der Waals surface area contributed by atoms with Crippen LogP contribution in [0.25, 0.3) is 0 Å². The number of aliphatic carboxylic acids is 1. The largest absolute Gasteiger partial charge is 0.497 e. The number of nitrogens with one attached hydrogen (secondary N) is 2. The van der Waals surface area contributed by atoms with Gasteiger partial charge in [0.25, 0.3) is 0 Å². The van der Waals surface area contributed by atoms with Gasteiger partial charge in [-0.3, -0.25) is 9.59 Å². The minimum atomic E-state index is -0.998. The maximum Gasteiger partial charge on any atom is 0.315 e. The fourth-order valence-corrected chi connectivity index (χ4v) is 2.71. The van der Waals surface area contributed by atoms with Crippen LogP contribution in [0.5, 0.6) is 11.5 Å². The number of carboxylic acids is 1. The Bertz CT molecular complexity index is 678. The van der Waals surface area contributed by atoms with Crippen molar-refractivity contribution >= 4 is 17.9 Å². The second-order valence-electron chi connectivity index (χ2n) is 5.82. The summed E-state index contributed by atoms with van der Waals surface area (Å²) < 4.78 is 10.5.